The van der Waals surface area contributed by atoms with Gasteiger partial charge in [-0.1, -0.05) is 30.3 Å². The average molecular weight is 1730 g/mol. The summed E-state index contributed by atoms with van der Waals surface area (Å²) in [6.45, 7) is 4.96. The maximum Gasteiger partial charge on any atom is 0.162 e. The summed E-state index contributed by atoms with van der Waals surface area (Å²) in [5.74, 6) is 11.0. The van der Waals surface area contributed by atoms with E-state index in [4.69, 9.17) is 71.1 Å². The van der Waals surface area contributed by atoms with E-state index < -0.39 is 5.60 Å². The molecule has 5 fully saturated rings. The van der Waals surface area contributed by atoms with E-state index in [1.54, 1.807) is 107 Å². The number of allylic oxidation sites excluding steroid dienone is 5. The lowest BCUT2D eigenvalue weighted by atomic mass is 9.51. The number of hydrogen-bond acceptors (Lipinski definition) is 25. The van der Waals surface area contributed by atoms with Crippen LogP contribution in [0.3, 0.4) is 0 Å². The normalized spacial score (nSPS) is 33.4. The minimum Gasteiger partial charge on any atom is -0.504 e. The van der Waals surface area contributed by atoms with Crippen molar-refractivity contribution < 1.29 is 96.6 Å². The lowest BCUT2D eigenvalue weighted by Crippen LogP contribution is -2.71. The minimum atomic E-state index is -0.500. The third-order valence-electron chi connectivity index (χ3n) is 33.4. The van der Waals surface area contributed by atoms with Crippen molar-refractivity contribution in [2.24, 2.45) is 23.7 Å². The molecule has 5 heterocycles. The summed E-state index contributed by atoms with van der Waals surface area (Å²) in [4.78, 5) is 12.2. The molecule has 125 heavy (non-hydrogen) atoms. The Morgan fingerprint density at radius 1 is 0.392 bits per heavy atom. The van der Waals surface area contributed by atoms with Crippen molar-refractivity contribution in [2.45, 2.75) is 190 Å². The summed E-state index contributed by atoms with van der Waals surface area (Å²) < 4.78 is 85.2. The highest BCUT2D eigenvalue weighted by molar-refractivity contribution is 5.64. The Hall–Kier alpha value is -8.76. The van der Waals surface area contributed by atoms with Gasteiger partial charge in [0.05, 0.1) is 101 Å². The number of methoxy groups -OCH3 is 15. The highest BCUT2D eigenvalue weighted by Gasteiger charge is 2.67. The van der Waals surface area contributed by atoms with Crippen LogP contribution in [0.5, 0.6) is 57.5 Å². The summed E-state index contributed by atoms with van der Waals surface area (Å²) >= 11 is 0. The third kappa shape index (κ3) is 13.6. The smallest absolute Gasteiger partial charge is 0.162 e. The van der Waals surface area contributed by atoms with Crippen LogP contribution in [0.2, 0.25) is 0 Å². The van der Waals surface area contributed by atoms with Crippen molar-refractivity contribution in [3.8, 4) is 57.5 Å². The van der Waals surface area contributed by atoms with E-state index >= 15 is 0 Å². The van der Waals surface area contributed by atoms with Crippen LogP contribution < -0.4 is 23.7 Å². The van der Waals surface area contributed by atoms with Gasteiger partial charge in [0.15, 0.2) is 57.5 Å². The molecule has 0 amide bonds. The molecule has 5 saturated heterocycles. The van der Waals surface area contributed by atoms with E-state index in [1.807, 2.05) is 30.3 Å². The predicted octanol–water partition coefficient (Wildman–Crippen LogP) is 12.8. The van der Waals surface area contributed by atoms with E-state index in [1.165, 1.54) is 27.8 Å². The minimum absolute atomic E-state index is 0.0183. The predicted molar refractivity (Wildman–Crippen MR) is 475 cm³/mol. The Kier molecular flexibility index (Phi) is 25.1. The number of phenols is 5. The number of fused-ring (bicyclic) bond motifs is 5. The Morgan fingerprint density at radius 2 is 0.880 bits per heavy atom. The molecule has 680 valence electrons. The first-order valence-corrected chi connectivity index (χ1v) is 44.7. The molecule has 10 bridgehead atoms. The first kappa shape index (κ1) is 89.6. The van der Waals surface area contributed by atoms with Gasteiger partial charge >= 0.3 is 0 Å². The number of aromatic hydroxyl groups is 5. The molecule has 25 heteroatoms. The molecular weight excluding hydrogens is 1590 g/mol. The molecule has 5 aromatic carbocycles. The van der Waals surface area contributed by atoms with Gasteiger partial charge in [0.2, 0.25) is 0 Å². The molecule has 5 N–H and O–H groups in total. The van der Waals surface area contributed by atoms with Crippen molar-refractivity contribution in [1.82, 2.24) is 24.5 Å². The monoisotopic (exact) mass is 1730 g/mol. The topological polar surface area (TPSA) is 256 Å². The van der Waals surface area contributed by atoms with Crippen LogP contribution in [0, 0.1) is 23.7 Å². The van der Waals surface area contributed by atoms with Crippen molar-refractivity contribution in [3.05, 3.63) is 175 Å². The van der Waals surface area contributed by atoms with Crippen LogP contribution in [-0.2, 0) is 107 Å². The van der Waals surface area contributed by atoms with Crippen LogP contribution in [0.4, 0.5) is 0 Å². The van der Waals surface area contributed by atoms with Crippen molar-refractivity contribution in [1.29, 1.82) is 0 Å². The first-order valence-electron chi connectivity index (χ1n) is 44.7. The second-order valence-electron chi connectivity index (χ2n) is 37.5. The molecule has 0 spiro atoms. The number of rotatable bonds is 15. The van der Waals surface area contributed by atoms with Gasteiger partial charge in [-0.15, -0.1) is 0 Å². The van der Waals surface area contributed by atoms with E-state index in [0.29, 0.717) is 88.1 Å². The van der Waals surface area contributed by atoms with Crippen molar-refractivity contribution >= 4 is 0 Å². The Labute approximate surface area is 738 Å². The third-order valence-corrected chi connectivity index (χ3v) is 33.4. The molecule has 18 atom stereocenters. The van der Waals surface area contributed by atoms with E-state index in [2.05, 4.69) is 114 Å². The molecule has 25 nitrogen and oxygen atoms in total. The van der Waals surface area contributed by atoms with Gasteiger partial charge in [0.25, 0.3) is 0 Å². The Morgan fingerprint density at radius 3 is 1.42 bits per heavy atom. The Bertz CT molecular complexity index is 5020. The molecule has 0 aromatic heterocycles. The number of phenolic OH excluding ortho intramolecular Hbond substituents is 5. The molecule has 13 unspecified atom stereocenters. The summed E-state index contributed by atoms with van der Waals surface area (Å²) in [6.07, 6.45) is 24.0. The fourth-order valence-corrected chi connectivity index (χ4v) is 27.6. The number of likely N-dealkylation sites (N-methyl/N-ethyl adjacent to an activating group) is 5. The fourth-order valence-electron chi connectivity index (χ4n) is 27.6. The van der Waals surface area contributed by atoms with Gasteiger partial charge in [-0.2, -0.15) is 0 Å². The number of hydrogen-bond donors (Lipinski definition) is 5. The molecule has 0 radical (unpaired) electrons. The fraction of sp³-hybridized carbons (Fsp3) is 0.600. The second kappa shape index (κ2) is 35.0. The van der Waals surface area contributed by atoms with Gasteiger partial charge in [-0.25, -0.2) is 0 Å². The number of piperidine rings is 5. The SMILES string of the molecule is COC1=C(OC)[C@@]23CCN(C)C(Cc4ccc(OC)c(O)c42)C3CC1.COC1=CC(OC)C2C3Cc4ccc(OC)c(O)c4[C@]2(CCN3C)C1.COC1=CC2(OC)C3Cc4ccc(OC)c(O)c4[C@@]2(CC1)CCN3C.COC1=CC2C3Cc4ccc(OC)c(O)c4[C@]2(CCN3C)CC1OC.COC1=CCC2C3Cc4ccc(OC)c(O)c4[C@]2(CCN3C)C1OC. The molecular formula is C100H135N5O20. The zero-order chi connectivity index (χ0) is 88.9. The quantitative estimate of drug-likeness (QED) is 0.0653. The Balaban J connectivity index is 0.000000115. The van der Waals surface area contributed by atoms with Gasteiger partial charge in [0.1, 0.15) is 40.8 Å². The summed E-state index contributed by atoms with van der Waals surface area (Å²) in [5, 5.41) is 55.2. The van der Waals surface area contributed by atoms with Crippen molar-refractivity contribution in [3.63, 3.8) is 0 Å². The highest BCUT2D eigenvalue weighted by atomic mass is 16.5. The summed E-state index contributed by atoms with van der Waals surface area (Å²) in [5.41, 5.74) is 9.51. The molecule has 15 aliphatic rings. The van der Waals surface area contributed by atoms with Crippen LogP contribution in [0.1, 0.15) is 133 Å². The second-order valence-corrected chi connectivity index (χ2v) is 37.5. The number of nitrogens with zero attached hydrogens (tertiary/aromatic N) is 5. The van der Waals surface area contributed by atoms with Gasteiger partial charge in [0, 0.05) is 139 Å². The first-order chi connectivity index (χ1) is 60.3. The van der Waals surface area contributed by atoms with Crippen molar-refractivity contribution in [2.75, 3.05) is 175 Å². The molecule has 10 aliphatic carbocycles. The maximum atomic E-state index is 11.1. The van der Waals surface area contributed by atoms with Gasteiger partial charge in [-0.3, -0.25) is 4.90 Å². The standard InChI is InChI=1S/5C20H27NO4/c2*1-21-10-9-20-13(6-8-16(24-3)19(20)25-4)14(21)11-12-5-7-15(23-2)18(22)17(12)20;1-21-8-7-20-11-17(25-4)16(24-3)10-13(20)14(21)9-12-5-6-15(23-2)19(22)18(12)20;1-21-8-7-20-11-13(23-2)10-16(25-4)18(20)14(21)9-12-5-6-15(24-3)19(22)17(12)20;1-21-10-9-19-8-7-14(23-2)12-20(19,25-4)16(21)11-13-5-6-15(24-3)18(22)17(13)19/h5,7,13-14,22H,6,8-11H2,1-4H3;5,7-8,13-14,19,22H,6,9-11H2,1-4H3;5-6,10,13-14,17,22H,7-9,11H2,1-4H3;5-6,10,14,16,18,22H,7-9,11H2,1-4H3;5-6,12,16,22H,7-11H2,1-4H3/t13?,14?,20-;13?,14?,19?,20-;13?,14?,17?,20-;14?,16?,18?,20-;16?,19-,20?/m11101/s1. The zero-order valence-electron chi connectivity index (χ0n) is 77.2. The molecule has 5 aromatic rings. The molecule has 20 rings (SSSR count). The highest BCUT2D eigenvalue weighted by Crippen LogP contribution is 2.67. The van der Waals surface area contributed by atoms with Gasteiger partial charge < -0.3 is 116 Å². The lowest BCUT2D eigenvalue weighted by molar-refractivity contribution is -0.140. The van der Waals surface area contributed by atoms with Crippen LogP contribution >= 0.6 is 0 Å². The van der Waals surface area contributed by atoms with E-state index in [9.17, 15) is 25.5 Å². The number of ether oxygens (including phenoxy) is 15. The summed E-state index contributed by atoms with van der Waals surface area (Å²) in [7, 11) is 36.4. The lowest BCUT2D eigenvalue weighted by Gasteiger charge is -2.63. The van der Waals surface area contributed by atoms with E-state index in [0.717, 1.165) is 204 Å². The van der Waals surface area contributed by atoms with Crippen LogP contribution in [-0.4, -0.2) is 279 Å². The number of likely N-dealkylation sites (tertiary alicyclic amines) is 5. The molecule has 5 aliphatic heterocycles. The number of benzene rings is 5. The zero-order valence-corrected chi connectivity index (χ0v) is 77.2. The maximum absolute atomic E-state index is 11.1. The van der Waals surface area contributed by atoms with E-state index in [-0.39, 0.29) is 68.7 Å². The van der Waals surface area contributed by atoms with Crippen LogP contribution in [0.15, 0.2) is 120 Å². The van der Waals surface area contributed by atoms with Crippen LogP contribution in [0.25, 0.3) is 0 Å². The summed E-state index contributed by atoms with van der Waals surface area (Å²) in [6, 6.07) is 21.9. The molecule has 0 saturated carbocycles. The largest absolute Gasteiger partial charge is 0.504 e. The van der Waals surface area contributed by atoms with Gasteiger partial charge in [-0.05, 0) is 252 Å². The average Bonchev–Trinajstić information content (AvgIpc) is 0.684.